The minimum absolute atomic E-state index is 0.237. The molecule has 0 radical (unpaired) electrons. The van der Waals surface area contributed by atoms with Crippen molar-refractivity contribution in [1.29, 1.82) is 0 Å². The Hall–Kier alpha value is -1.56. The molecule has 0 N–H and O–H groups in total. The second-order valence-electron chi connectivity index (χ2n) is 3.23. The number of tetrazole rings is 1. The lowest BCUT2D eigenvalue weighted by atomic mass is 10.3. The van der Waals surface area contributed by atoms with E-state index in [9.17, 15) is 4.79 Å². The van der Waals surface area contributed by atoms with Crippen LogP contribution in [0.4, 0.5) is 0 Å². The Kier molecular flexibility index (Phi) is 3.09. The Morgan fingerprint density at radius 1 is 1.38 bits per heavy atom. The fourth-order valence-electron chi connectivity index (χ4n) is 1.35. The van der Waals surface area contributed by atoms with Gasteiger partial charge in [-0.3, -0.25) is 0 Å². The molecule has 1 aromatic carbocycles. The van der Waals surface area contributed by atoms with Crippen LogP contribution in [-0.2, 0) is 7.05 Å². The third-order valence-corrected chi connectivity index (χ3v) is 2.97. The van der Waals surface area contributed by atoms with Gasteiger partial charge in [0.1, 0.15) is 0 Å². The molecular formula is C10H12N4OS. The summed E-state index contributed by atoms with van der Waals surface area (Å²) < 4.78 is 2.50. The van der Waals surface area contributed by atoms with Gasteiger partial charge >= 0.3 is 5.69 Å². The van der Waals surface area contributed by atoms with Gasteiger partial charge in [-0.2, -0.15) is 9.36 Å². The highest BCUT2D eigenvalue weighted by atomic mass is 32.2. The maximum Gasteiger partial charge on any atom is 0.368 e. The van der Waals surface area contributed by atoms with Crippen molar-refractivity contribution in [3.63, 3.8) is 0 Å². The maximum atomic E-state index is 11.6. The summed E-state index contributed by atoms with van der Waals surface area (Å²) in [6.45, 7) is 2.09. The molecule has 5 nitrogen and oxygen atoms in total. The van der Waals surface area contributed by atoms with E-state index < -0.39 is 0 Å². The van der Waals surface area contributed by atoms with Gasteiger partial charge in [0, 0.05) is 11.9 Å². The maximum absolute atomic E-state index is 11.6. The van der Waals surface area contributed by atoms with Gasteiger partial charge < -0.3 is 0 Å². The van der Waals surface area contributed by atoms with Crippen LogP contribution in [0.15, 0.2) is 34.0 Å². The molecule has 1 heterocycles. The van der Waals surface area contributed by atoms with Crippen LogP contribution >= 0.6 is 11.8 Å². The Balaban J connectivity index is 2.44. The summed E-state index contributed by atoms with van der Waals surface area (Å²) in [6.07, 6.45) is 0. The van der Waals surface area contributed by atoms with Crippen LogP contribution in [0.25, 0.3) is 5.69 Å². The molecule has 84 valence electrons. The Morgan fingerprint density at radius 3 is 2.81 bits per heavy atom. The lowest BCUT2D eigenvalue weighted by Crippen LogP contribution is -2.21. The molecular weight excluding hydrogens is 224 g/mol. The van der Waals surface area contributed by atoms with E-state index in [4.69, 9.17) is 0 Å². The zero-order valence-corrected chi connectivity index (χ0v) is 9.94. The predicted octanol–water partition coefficient (Wildman–Crippen LogP) is 1.08. The van der Waals surface area contributed by atoms with E-state index in [0.29, 0.717) is 0 Å². The van der Waals surface area contributed by atoms with E-state index >= 15 is 0 Å². The lowest BCUT2D eigenvalue weighted by molar-refractivity contribution is 0.693. The summed E-state index contributed by atoms with van der Waals surface area (Å²) >= 11 is 1.73. The van der Waals surface area contributed by atoms with Crippen molar-refractivity contribution in [1.82, 2.24) is 19.8 Å². The molecule has 0 spiro atoms. The molecule has 2 aromatic rings. The Bertz CT molecular complexity index is 546. The molecule has 0 fully saturated rings. The second kappa shape index (κ2) is 4.52. The third-order valence-electron chi connectivity index (χ3n) is 2.09. The first-order valence-corrected chi connectivity index (χ1v) is 5.93. The number of aromatic nitrogens is 4. The van der Waals surface area contributed by atoms with Gasteiger partial charge in [0.15, 0.2) is 0 Å². The molecule has 0 aliphatic carbocycles. The summed E-state index contributed by atoms with van der Waals surface area (Å²) in [5.74, 6) is 0.999. The van der Waals surface area contributed by atoms with Gasteiger partial charge in [0.05, 0.1) is 5.69 Å². The molecule has 0 saturated heterocycles. The summed E-state index contributed by atoms with van der Waals surface area (Å²) in [4.78, 5) is 12.8. The van der Waals surface area contributed by atoms with Crippen molar-refractivity contribution >= 4 is 11.8 Å². The summed E-state index contributed by atoms with van der Waals surface area (Å²) in [5, 5.41) is 7.47. The van der Waals surface area contributed by atoms with Gasteiger partial charge in [-0.15, -0.1) is 11.8 Å². The van der Waals surface area contributed by atoms with Gasteiger partial charge in [0.2, 0.25) is 0 Å². The second-order valence-corrected chi connectivity index (χ2v) is 4.56. The molecule has 16 heavy (non-hydrogen) atoms. The predicted molar refractivity (Wildman–Crippen MR) is 63.0 cm³/mol. The minimum atomic E-state index is -0.237. The van der Waals surface area contributed by atoms with Gasteiger partial charge in [-0.1, -0.05) is 13.0 Å². The normalized spacial score (nSPS) is 10.6. The number of thioether (sulfide) groups is 1. The lowest BCUT2D eigenvalue weighted by Gasteiger charge is -2.01. The smallest absolute Gasteiger partial charge is 0.244 e. The topological polar surface area (TPSA) is 52.7 Å². The van der Waals surface area contributed by atoms with Crippen LogP contribution in [-0.4, -0.2) is 25.5 Å². The molecule has 6 heteroatoms. The third kappa shape index (κ3) is 2.01. The number of nitrogens with zero attached hydrogens (tertiary/aromatic N) is 4. The fourth-order valence-corrected chi connectivity index (χ4v) is 2.06. The van der Waals surface area contributed by atoms with E-state index in [1.54, 1.807) is 18.8 Å². The zero-order valence-electron chi connectivity index (χ0n) is 9.12. The van der Waals surface area contributed by atoms with E-state index in [1.807, 2.05) is 24.3 Å². The van der Waals surface area contributed by atoms with E-state index in [0.717, 1.165) is 16.3 Å². The summed E-state index contributed by atoms with van der Waals surface area (Å²) in [5.41, 5.74) is 0.509. The molecule has 2 rings (SSSR count). The van der Waals surface area contributed by atoms with Gasteiger partial charge in [-0.05, 0) is 34.4 Å². The quantitative estimate of drug-likeness (QED) is 0.748. The van der Waals surface area contributed by atoms with Crippen LogP contribution in [0.5, 0.6) is 0 Å². The highest BCUT2D eigenvalue weighted by Crippen LogP contribution is 2.19. The highest BCUT2D eigenvalue weighted by molar-refractivity contribution is 7.99. The molecule has 0 atom stereocenters. The average Bonchev–Trinajstić information content (AvgIpc) is 2.61. The van der Waals surface area contributed by atoms with Crippen molar-refractivity contribution in [2.24, 2.45) is 7.05 Å². The molecule has 0 amide bonds. The number of hydrogen-bond acceptors (Lipinski definition) is 4. The van der Waals surface area contributed by atoms with E-state index in [-0.39, 0.29) is 5.69 Å². The number of hydrogen-bond donors (Lipinski definition) is 0. The summed E-state index contributed by atoms with van der Waals surface area (Å²) in [7, 11) is 1.58. The van der Waals surface area contributed by atoms with E-state index in [2.05, 4.69) is 17.4 Å². The number of benzene rings is 1. The van der Waals surface area contributed by atoms with Crippen LogP contribution < -0.4 is 5.69 Å². The molecule has 1 aromatic heterocycles. The standard InChI is InChI=1S/C10H12N4OS/c1-3-16-9-6-4-5-8(7-9)14-10(15)13(2)11-12-14/h4-7H,3H2,1-2H3. The number of rotatable bonds is 3. The first-order valence-electron chi connectivity index (χ1n) is 4.94. The van der Waals surface area contributed by atoms with E-state index in [1.165, 1.54) is 9.36 Å². The summed E-state index contributed by atoms with van der Waals surface area (Å²) in [6, 6.07) is 7.70. The molecule has 0 unspecified atom stereocenters. The van der Waals surface area contributed by atoms with Crippen LogP contribution in [0.3, 0.4) is 0 Å². The Labute approximate surface area is 97.1 Å². The highest BCUT2D eigenvalue weighted by Gasteiger charge is 2.05. The van der Waals surface area contributed by atoms with Gasteiger partial charge in [0.25, 0.3) is 0 Å². The monoisotopic (exact) mass is 236 g/mol. The molecule has 0 saturated carbocycles. The molecule has 0 aliphatic rings. The largest absolute Gasteiger partial charge is 0.368 e. The van der Waals surface area contributed by atoms with Crippen molar-refractivity contribution in [3.8, 4) is 5.69 Å². The van der Waals surface area contributed by atoms with Crippen LogP contribution in [0.1, 0.15) is 6.92 Å². The first-order chi connectivity index (χ1) is 7.72. The van der Waals surface area contributed by atoms with Gasteiger partial charge in [-0.25, -0.2) is 4.79 Å². The van der Waals surface area contributed by atoms with Crippen molar-refractivity contribution < 1.29 is 0 Å². The number of aryl methyl sites for hydroxylation is 1. The van der Waals surface area contributed by atoms with Crippen molar-refractivity contribution in [2.75, 3.05) is 5.75 Å². The molecule has 0 bridgehead atoms. The zero-order chi connectivity index (χ0) is 11.5. The SMILES string of the molecule is CCSc1cccc(-n2nnn(C)c2=O)c1. The first kappa shape index (κ1) is 10.9. The molecule has 0 aliphatic heterocycles. The minimum Gasteiger partial charge on any atom is -0.244 e. The fraction of sp³-hybridized carbons (Fsp3) is 0.300. The average molecular weight is 236 g/mol. The van der Waals surface area contributed by atoms with Crippen molar-refractivity contribution in [2.45, 2.75) is 11.8 Å². The Morgan fingerprint density at radius 2 is 2.19 bits per heavy atom. The van der Waals surface area contributed by atoms with Crippen LogP contribution in [0, 0.1) is 0 Å². The van der Waals surface area contributed by atoms with Crippen LogP contribution in [0.2, 0.25) is 0 Å². The van der Waals surface area contributed by atoms with Crippen molar-refractivity contribution in [3.05, 3.63) is 34.7 Å².